The van der Waals surface area contributed by atoms with Gasteiger partial charge in [0.2, 0.25) is 0 Å². The number of aryl methyl sites for hydroxylation is 2. The second kappa shape index (κ2) is 5.32. The molecule has 0 fully saturated rings. The van der Waals surface area contributed by atoms with E-state index in [2.05, 4.69) is 15.3 Å². The standard InChI is InChI=1S/C17H15N3O/c1-11-6-7-12(2)15(10-11)20-17(21)13-4-3-5-14-16(13)19-9-8-18-14/h3-10H,1-2H3,(H,20,21). The van der Waals surface area contributed by atoms with E-state index in [4.69, 9.17) is 0 Å². The highest BCUT2D eigenvalue weighted by molar-refractivity contribution is 6.11. The molecule has 0 aliphatic heterocycles. The normalized spacial score (nSPS) is 10.6. The van der Waals surface area contributed by atoms with Gasteiger partial charge in [0.05, 0.1) is 11.1 Å². The number of carbonyl (C=O) groups is 1. The number of benzene rings is 2. The summed E-state index contributed by atoms with van der Waals surface area (Å²) in [6.45, 7) is 3.97. The molecule has 1 heterocycles. The molecule has 104 valence electrons. The van der Waals surface area contributed by atoms with Crippen LogP contribution in [0.2, 0.25) is 0 Å². The molecule has 4 heteroatoms. The Hall–Kier alpha value is -2.75. The molecule has 0 saturated carbocycles. The molecule has 0 spiro atoms. The van der Waals surface area contributed by atoms with Gasteiger partial charge in [-0.3, -0.25) is 14.8 Å². The zero-order valence-electron chi connectivity index (χ0n) is 11.9. The Balaban J connectivity index is 1.99. The highest BCUT2D eigenvalue weighted by Crippen LogP contribution is 2.19. The molecule has 0 radical (unpaired) electrons. The zero-order chi connectivity index (χ0) is 14.8. The summed E-state index contributed by atoms with van der Waals surface area (Å²) in [5, 5.41) is 2.95. The van der Waals surface area contributed by atoms with Crippen LogP contribution in [0.25, 0.3) is 11.0 Å². The number of para-hydroxylation sites is 1. The molecule has 0 aliphatic carbocycles. The quantitative estimate of drug-likeness (QED) is 0.780. The maximum Gasteiger partial charge on any atom is 0.257 e. The monoisotopic (exact) mass is 277 g/mol. The van der Waals surface area contributed by atoms with Gasteiger partial charge in [-0.05, 0) is 43.2 Å². The molecule has 3 rings (SSSR count). The van der Waals surface area contributed by atoms with Crippen molar-refractivity contribution in [2.24, 2.45) is 0 Å². The molecule has 2 aromatic carbocycles. The largest absolute Gasteiger partial charge is 0.322 e. The van der Waals surface area contributed by atoms with Crippen LogP contribution in [0, 0.1) is 13.8 Å². The Morgan fingerprint density at radius 1 is 1.05 bits per heavy atom. The minimum absolute atomic E-state index is 0.171. The van der Waals surface area contributed by atoms with Crippen molar-refractivity contribution in [3.05, 3.63) is 65.5 Å². The van der Waals surface area contributed by atoms with E-state index in [0.29, 0.717) is 16.6 Å². The molecule has 1 aromatic heterocycles. The highest BCUT2D eigenvalue weighted by atomic mass is 16.1. The second-order valence-electron chi connectivity index (χ2n) is 5.00. The van der Waals surface area contributed by atoms with E-state index in [-0.39, 0.29) is 5.91 Å². The number of aromatic nitrogens is 2. The molecule has 0 saturated heterocycles. The highest BCUT2D eigenvalue weighted by Gasteiger charge is 2.12. The Bertz CT molecular complexity index is 822. The summed E-state index contributed by atoms with van der Waals surface area (Å²) in [5.74, 6) is -0.171. The van der Waals surface area contributed by atoms with Gasteiger partial charge in [-0.25, -0.2) is 0 Å². The van der Waals surface area contributed by atoms with Crippen molar-refractivity contribution in [3.63, 3.8) is 0 Å². The van der Waals surface area contributed by atoms with Crippen LogP contribution in [0.4, 0.5) is 5.69 Å². The van der Waals surface area contributed by atoms with E-state index in [1.165, 1.54) is 0 Å². The first-order chi connectivity index (χ1) is 10.1. The number of hydrogen-bond donors (Lipinski definition) is 1. The summed E-state index contributed by atoms with van der Waals surface area (Å²) in [7, 11) is 0. The lowest BCUT2D eigenvalue weighted by Gasteiger charge is -2.10. The average molecular weight is 277 g/mol. The van der Waals surface area contributed by atoms with Crippen molar-refractivity contribution in [2.45, 2.75) is 13.8 Å². The van der Waals surface area contributed by atoms with Crippen LogP contribution in [0.15, 0.2) is 48.8 Å². The molecule has 3 aromatic rings. The molecular formula is C17H15N3O. The van der Waals surface area contributed by atoms with Crippen LogP contribution < -0.4 is 5.32 Å². The fourth-order valence-corrected chi connectivity index (χ4v) is 2.24. The van der Waals surface area contributed by atoms with Crippen LogP contribution in [0.3, 0.4) is 0 Å². The van der Waals surface area contributed by atoms with E-state index >= 15 is 0 Å². The van der Waals surface area contributed by atoms with Crippen LogP contribution in [-0.2, 0) is 0 Å². The van der Waals surface area contributed by atoms with Gasteiger partial charge in [0.15, 0.2) is 0 Å². The van der Waals surface area contributed by atoms with Crippen LogP contribution >= 0.6 is 0 Å². The predicted octanol–water partition coefficient (Wildman–Crippen LogP) is 3.50. The maximum atomic E-state index is 12.5. The summed E-state index contributed by atoms with van der Waals surface area (Å²) in [6, 6.07) is 11.4. The summed E-state index contributed by atoms with van der Waals surface area (Å²) in [4.78, 5) is 21.0. The predicted molar refractivity (Wildman–Crippen MR) is 83.4 cm³/mol. The molecule has 0 unspecified atom stereocenters. The van der Waals surface area contributed by atoms with Crippen molar-refractivity contribution in [2.75, 3.05) is 5.32 Å². The fraction of sp³-hybridized carbons (Fsp3) is 0.118. The van der Waals surface area contributed by atoms with Gasteiger partial charge in [-0.2, -0.15) is 0 Å². The van der Waals surface area contributed by atoms with Gasteiger partial charge < -0.3 is 5.32 Å². The van der Waals surface area contributed by atoms with Gasteiger partial charge in [0.1, 0.15) is 5.52 Å². The number of amides is 1. The third kappa shape index (κ3) is 2.60. The first-order valence-corrected chi connectivity index (χ1v) is 6.73. The summed E-state index contributed by atoms with van der Waals surface area (Å²) >= 11 is 0. The van der Waals surface area contributed by atoms with Crippen molar-refractivity contribution < 1.29 is 4.79 Å². The smallest absolute Gasteiger partial charge is 0.257 e. The second-order valence-corrected chi connectivity index (χ2v) is 5.00. The SMILES string of the molecule is Cc1ccc(C)c(NC(=O)c2cccc3nccnc23)c1. The number of nitrogens with zero attached hydrogens (tertiary/aromatic N) is 2. The summed E-state index contributed by atoms with van der Waals surface area (Å²) in [6.07, 6.45) is 3.21. The zero-order valence-corrected chi connectivity index (χ0v) is 11.9. The molecule has 4 nitrogen and oxygen atoms in total. The van der Waals surface area contributed by atoms with E-state index < -0.39 is 0 Å². The summed E-state index contributed by atoms with van der Waals surface area (Å²) < 4.78 is 0. The minimum Gasteiger partial charge on any atom is -0.322 e. The Morgan fingerprint density at radius 3 is 2.71 bits per heavy atom. The molecule has 0 bridgehead atoms. The minimum atomic E-state index is -0.171. The fourth-order valence-electron chi connectivity index (χ4n) is 2.24. The van der Waals surface area contributed by atoms with Crippen LogP contribution in [0.5, 0.6) is 0 Å². The molecule has 1 amide bonds. The Kier molecular flexibility index (Phi) is 3.36. The number of fused-ring (bicyclic) bond motifs is 1. The van der Waals surface area contributed by atoms with Gasteiger partial charge in [-0.15, -0.1) is 0 Å². The molecular weight excluding hydrogens is 262 g/mol. The Labute approximate surface area is 122 Å². The van der Waals surface area contributed by atoms with Gasteiger partial charge in [-0.1, -0.05) is 18.2 Å². The van der Waals surface area contributed by atoms with Crippen molar-refractivity contribution in [1.82, 2.24) is 9.97 Å². The lowest BCUT2D eigenvalue weighted by atomic mass is 10.1. The maximum absolute atomic E-state index is 12.5. The lowest BCUT2D eigenvalue weighted by molar-refractivity contribution is 0.102. The molecule has 21 heavy (non-hydrogen) atoms. The van der Waals surface area contributed by atoms with Crippen molar-refractivity contribution >= 4 is 22.6 Å². The molecule has 0 atom stereocenters. The number of anilines is 1. The first-order valence-electron chi connectivity index (χ1n) is 6.73. The molecule has 1 N–H and O–H groups in total. The Morgan fingerprint density at radius 2 is 1.86 bits per heavy atom. The topological polar surface area (TPSA) is 54.9 Å². The lowest BCUT2D eigenvalue weighted by Crippen LogP contribution is -2.14. The third-order valence-corrected chi connectivity index (χ3v) is 3.38. The van der Waals surface area contributed by atoms with E-state index in [1.54, 1.807) is 18.5 Å². The van der Waals surface area contributed by atoms with Gasteiger partial charge in [0, 0.05) is 18.1 Å². The van der Waals surface area contributed by atoms with Crippen LogP contribution in [0.1, 0.15) is 21.5 Å². The van der Waals surface area contributed by atoms with E-state index in [0.717, 1.165) is 16.8 Å². The van der Waals surface area contributed by atoms with E-state index in [1.807, 2.05) is 44.2 Å². The number of carbonyl (C=O) groups excluding carboxylic acids is 1. The number of rotatable bonds is 2. The third-order valence-electron chi connectivity index (χ3n) is 3.38. The molecule has 0 aliphatic rings. The van der Waals surface area contributed by atoms with Crippen LogP contribution in [-0.4, -0.2) is 15.9 Å². The average Bonchev–Trinajstić information content (AvgIpc) is 2.50. The number of nitrogens with one attached hydrogen (secondary N) is 1. The summed E-state index contributed by atoms with van der Waals surface area (Å²) in [5.41, 5.74) is 4.81. The van der Waals surface area contributed by atoms with Gasteiger partial charge >= 0.3 is 0 Å². The number of hydrogen-bond acceptors (Lipinski definition) is 3. The van der Waals surface area contributed by atoms with Crippen molar-refractivity contribution in [3.8, 4) is 0 Å². The van der Waals surface area contributed by atoms with Crippen molar-refractivity contribution in [1.29, 1.82) is 0 Å². The van der Waals surface area contributed by atoms with E-state index in [9.17, 15) is 4.79 Å². The first kappa shape index (κ1) is 13.2. The van der Waals surface area contributed by atoms with Gasteiger partial charge in [0.25, 0.3) is 5.91 Å².